The summed E-state index contributed by atoms with van der Waals surface area (Å²) in [6.45, 7) is 3.76. The van der Waals surface area contributed by atoms with Gasteiger partial charge in [0.05, 0.1) is 0 Å². The molecule has 0 atom stereocenters. The summed E-state index contributed by atoms with van der Waals surface area (Å²) < 4.78 is 0. The molecule has 2 heterocycles. The Morgan fingerprint density at radius 2 is 1.65 bits per heavy atom. The highest BCUT2D eigenvalue weighted by Crippen LogP contribution is 1.95. The topological polar surface area (TPSA) is 63.1 Å². The van der Waals surface area contributed by atoms with Gasteiger partial charge in [-0.3, -0.25) is 14.8 Å². The van der Waals surface area contributed by atoms with Crippen molar-refractivity contribution in [3.8, 4) is 0 Å². The Labute approximate surface area is 120 Å². The van der Waals surface area contributed by atoms with Crippen molar-refractivity contribution >= 4 is 5.97 Å². The number of carbonyl (C=O) groups is 1. The number of aryl methyl sites for hydroxylation is 1. The molecule has 0 aliphatic heterocycles. The van der Waals surface area contributed by atoms with E-state index >= 15 is 0 Å². The third-order valence-corrected chi connectivity index (χ3v) is 2.10. The molecule has 2 aromatic rings. The van der Waals surface area contributed by atoms with Crippen LogP contribution in [0.4, 0.5) is 0 Å². The molecule has 0 bridgehead atoms. The third-order valence-electron chi connectivity index (χ3n) is 2.10. The Kier molecular flexibility index (Phi) is 11.7. The largest absolute Gasteiger partial charge is 0.481 e. The first-order valence-corrected chi connectivity index (χ1v) is 6.67. The average molecular weight is 274 g/mol. The van der Waals surface area contributed by atoms with Gasteiger partial charge in [0.1, 0.15) is 0 Å². The molecule has 0 spiro atoms. The van der Waals surface area contributed by atoms with Crippen LogP contribution in [-0.4, -0.2) is 21.0 Å². The van der Waals surface area contributed by atoms with E-state index in [-0.39, 0.29) is 6.42 Å². The van der Waals surface area contributed by atoms with E-state index < -0.39 is 5.97 Å². The lowest BCUT2D eigenvalue weighted by molar-refractivity contribution is -0.136. The van der Waals surface area contributed by atoms with Gasteiger partial charge in [0.25, 0.3) is 0 Å². The maximum absolute atomic E-state index is 9.37. The first-order chi connectivity index (χ1) is 9.70. The molecule has 0 radical (unpaired) electrons. The van der Waals surface area contributed by atoms with Crippen LogP contribution in [0.3, 0.4) is 0 Å². The minimum Gasteiger partial charge on any atom is -0.481 e. The Bertz CT molecular complexity index is 406. The third kappa shape index (κ3) is 12.2. The molecule has 0 fully saturated rings. The van der Waals surface area contributed by atoms with Crippen molar-refractivity contribution in [2.45, 2.75) is 33.1 Å². The molecule has 0 saturated carbocycles. The molecular formula is C16H22N2O2. The second-order valence-electron chi connectivity index (χ2n) is 3.84. The van der Waals surface area contributed by atoms with Gasteiger partial charge in [-0.25, -0.2) is 0 Å². The molecule has 0 aliphatic carbocycles. The number of aromatic nitrogens is 2. The van der Waals surface area contributed by atoms with Gasteiger partial charge in [-0.2, -0.15) is 0 Å². The van der Waals surface area contributed by atoms with Gasteiger partial charge in [-0.15, -0.1) is 0 Å². The standard InChI is InChI=1S/C8H11N.C5H5N.C3H6O2/c1-2-5-8-6-3-4-7-9-8;1-2-4-6-5-3-1;1-2-3(4)5/h3-4,6-7H,2,5H2,1H3;1-5H;2H2,1H3,(H,4,5). The molecule has 1 N–H and O–H groups in total. The van der Waals surface area contributed by atoms with Gasteiger partial charge in [0.2, 0.25) is 0 Å². The van der Waals surface area contributed by atoms with E-state index in [1.54, 1.807) is 19.3 Å². The highest BCUT2D eigenvalue weighted by molar-refractivity contribution is 5.66. The molecule has 0 aliphatic rings. The van der Waals surface area contributed by atoms with Crippen molar-refractivity contribution in [2.75, 3.05) is 0 Å². The SMILES string of the molecule is CCC(=O)O.CCCc1ccccn1.c1ccncc1. The molecular weight excluding hydrogens is 252 g/mol. The Morgan fingerprint density at radius 3 is 1.95 bits per heavy atom. The van der Waals surface area contributed by atoms with Gasteiger partial charge >= 0.3 is 5.97 Å². The maximum atomic E-state index is 9.37. The number of carboxylic acid groups (broad SMARTS) is 1. The van der Waals surface area contributed by atoms with Gasteiger partial charge in [-0.1, -0.05) is 32.4 Å². The molecule has 4 heteroatoms. The zero-order chi connectivity index (χ0) is 15.1. The monoisotopic (exact) mass is 274 g/mol. The smallest absolute Gasteiger partial charge is 0.303 e. The molecule has 2 aromatic heterocycles. The number of aliphatic carboxylic acids is 1. The molecule has 0 unspecified atom stereocenters. The van der Waals surface area contributed by atoms with E-state index in [2.05, 4.69) is 23.0 Å². The van der Waals surface area contributed by atoms with Crippen molar-refractivity contribution < 1.29 is 9.90 Å². The van der Waals surface area contributed by atoms with E-state index in [0.29, 0.717) is 0 Å². The zero-order valence-electron chi connectivity index (χ0n) is 12.1. The average Bonchev–Trinajstić information content (AvgIpc) is 2.51. The molecule has 0 amide bonds. The predicted octanol–water partition coefficient (Wildman–Crippen LogP) is 3.60. The summed E-state index contributed by atoms with van der Waals surface area (Å²) in [5, 5.41) is 7.72. The number of carboxylic acids is 1. The lowest BCUT2D eigenvalue weighted by Crippen LogP contribution is -1.86. The first-order valence-electron chi connectivity index (χ1n) is 6.67. The summed E-state index contributed by atoms with van der Waals surface area (Å²) in [5.41, 5.74) is 1.19. The molecule has 4 nitrogen and oxygen atoms in total. The number of rotatable bonds is 3. The van der Waals surface area contributed by atoms with Gasteiger partial charge in [-0.05, 0) is 30.7 Å². The molecule has 2 rings (SSSR count). The molecule has 0 aromatic carbocycles. The van der Waals surface area contributed by atoms with E-state index in [1.165, 1.54) is 12.1 Å². The quantitative estimate of drug-likeness (QED) is 0.929. The summed E-state index contributed by atoms with van der Waals surface area (Å²) in [4.78, 5) is 17.3. The van der Waals surface area contributed by atoms with Crippen molar-refractivity contribution in [3.63, 3.8) is 0 Å². The molecule has 0 saturated heterocycles. The van der Waals surface area contributed by atoms with Crippen LogP contribution in [0.5, 0.6) is 0 Å². The lowest BCUT2D eigenvalue weighted by Gasteiger charge is -1.92. The van der Waals surface area contributed by atoms with Crippen LogP contribution in [0, 0.1) is 0 Å². The van der Waals surface area contributed by atoms with Gasteiger partial charge in [0.15, 0.2) is 0 Å². The van der Waals surface area contributed by atoms with Crippen LogP contribution < -0.4 is 0 Å². The zero-order valence-corrected chi connectivity index (χ0v) is 12.1. The van der Waals surface area contributed by atoms with E-state index in [0.717, 1.165) is 6.42 Å². The normalized spacial score (nSPS) is 8.50. The second-order valence-corrected chi connectivity index (χ2v) is 3.84. The summed E-state index contributed by atoms with van der Waals surface area (Å²) in [5.74, 6) is -0.745. The van der Waals surface area contributed by atoms with Crippen LogP contribution in [-0.2, 0) is 11.2 Å². The lowest BCUT2D eigenvalue weighted by atomic mass is 10.2. The fourth-order valence-corrected chi connectivity index (χ4v) is 1.11. The number of pyridine rings is 2. The summed E-state index contributed by atoms with van der Waals surface area (Å²) in [6, 6.07) is 11.7. The van der Waals surface area contributed by atoms with E-state index in [1.807, 2.05) is 36.5 Å². The van der Waals surface area contributed by atoms with Crippen LogP contribution in [0.25, 0.3) is 0 Å². The Morgan fingerprint density at radius 1 is 1.05 bits per heavy atom. The van der Waals surface area contributed by atoms with Crippen LogP contribution >= 0.6 is 0 Å². The predicted molar refractivity (Wildman–Crippen MR) is 80.4 cm³/mol. The highest BCUT2D eigenvalue weighted by atomic mass is 16.4. The highest BCUT2D eigenvalue weighted by Gasteiger charge is 1.86. The second kappa shape index (κ2) is 13.2. The Hall–Kier alpha value is -2.23. The van der Waals surface area contributed by atoms with Crippen LogP contribution in [0.2, 0.25) is 0 Å². The van der Waals surface area contributed by atoms with Gasteiger partial charge in [0, 0.05) is 30.7 Å². The first kappa shape index (κ1) is 17.8. The molecule has 108 valence electrons. The van der Waals surface area contributed by atoms with Crippen molar-refractivity contribution in [3.05, 3.63) is 60.7 Å². The Balaban J connectivity index is 0.000000288. The van der Waals surface area contributed by atoms with Crippen molar-refractivity contribution in [2.24, 2.45) is 0 Å². The van der Waals surface area contributed by atoms with Crippen LogP contribution in [0.1, 0.15) is 32.4 Å². The van der Waals surface area contributed by atoms with Gasteiger partial charge < -0.3 is 5.11 Å². The van der Waals surface area contributed by atoms with E-state index in [4.69, 9.17) is 5.11 Å². The maximum Gasteiger partial charge on any atom is 0.303 e. The summed E-state index contributed by atoms with van der Waals surface area (Å²) in [7, 11) is 0. The molecule has 20 heavy (non-hydrogen) atoms. The fraction of sp³-hybridized carbons (Fsp3) is 0.312. The summed E-state index contributed by atoms with van der Waals surface area (Å²) >= 11 is 0. The van der Waals surface area contributed by atoms with Crippen molar-refractivity contribution in [1.82, 2.24) is 9.97 Å². The summed E-state index contributed by atoms with van der Waals surface area (Å²) in [6.07, 6.45) is 7.84. The minimum absolute atomic E-state index is 0.222. The minimum atomic E-state index is -0.745. The van der Waals surface area contributed by atoms with Crippen molar-refractivity contribution in [1.29, 1.82) is 0 Å². The number of nitrogens with zero attached hydrogens (tertiary/aromatic N) is 2. The fourth-order valence-electron chi connectivity index (χ4n) is 1.11. The van der Waals surface area contributed by atoms with Crippen LogP contribution in [0.15, 0.2) is 55.0 Å². The number of hydrogen-bond donors (Lipinski definition) is 1. The van der Waals surface area contributed by atoms with E-state index in [9.17, 15) is 4.79 Å². The number of hydrogen-bond acceptors (Lipinski definition) is 3.